The molecule has 1 aromatic rings. The van der Waals surface area contributed by atoms with Crippen LogP contribution in [0.15, 0.2) is 42.2 Å². The van der Waals surface area contributed by atoms with Crippen molar-refractivity contribution in [2.24, 2.45) is 0 Å². The molecule has 0 saturated heterocycles. The zero-order chi connectivity index (χ0) is 10.3. The molecule has 0 amide bonds. The topological polar surface area (TPSA) is 29.5 Å². The fourth-order valence-corrected chi connectivity index (χ4v) is 3.11. The maximum absolute atomic E-state index is 9.88. The van der Waals surface area contributed by atoms with Crippen molar-refractivity contribution in [1.82, 2.24) is 0 Å². The molecule has 1 heterocycles. The molecule has 1 aliphatic carbocycles. The van der Waals surface area contributed by atoms with Crippen LogP contribution >= 0.6 is 8.38 Å². The highest BCUT2D eigenvalue weighted by atomic mass is 31.2. The molecule has 76 valence electrons. The van der Waals surface area contributed by atoms with E-state index in [1.165, 1.54) is 0 Å². The summed E-state index contributed by atoms with van der Waals surface area (Å²) in [7, 11) is -1.44. The van der Waals surface area contributed by atoms with Gasteiger partial charge in [-0.1, -0.05) is 30.4 Å². The number of hydrogen-bond donors (Lipinski definition) is 1. The number of fused-ring (bicyclic) bond motifs is 2. The molecule has 1 atom stereocenters. The van der Waals surface area contributed by atoms with Crippen LogP contribution < -0.4 is 5.30 Å². The summed E-state index contributed by atoms with van der Waals surface area (Å²) in [6, 6.07) is 7.92. The van der Waals surface area contributed by atoms with Gasteiger partial charge in [0.2, 0.25) is 0 Å². The Balaban J connectivity index is 2.21. The molecule has 1 aromatic carbocycles. The molecule has 2 nitrogen and oxygen atoms in total. The molecule has 1 unspecified atom stereocenters. The molecular formula is C12H11O2P. The van der Waals surface area contributed by atoms with Gasteiger partial charge < -0.3 is 9.42 Å². The molecular weight excluding hydrogens is 207 g/mol. The summed E-state index contributed by atoms with van der Waals surface area (Å²) < 4.78 is 5.57. The smallest absolute Gasteiger partial charge is 0.262 e. The van der Waals surface area contributed by atoms with E-state index in [9.17, 15) is 4.89 Å². The highest BCUT2D eigenvalue weighted by molar-refractivity contribution is 7.55. The highest BCUT2D eigenvalue weighted by Crippen LogP contribution is 2.45. The third kappa shape index (κ3) is 1.41. The highest BCUT2D eigenvalue weighted by Gasteiger charge is 2.26. The molecule has 0 bridgehead atoms. The Morgan fingerprint density at radius 3 is 3.07 bits per heavy atom. The minimum absolute atomic E-state index is 0.902. The van der Waals surface area contributed by atoms with Crippen molar-refractivity contribution in [1.29, 1.82) is 0 Å². The Kier molecular flexibility index (Phi) is 2.12. The Morgan fingerprint density at radius 2 is 2.13 bits per heavy atom. The maximum atomic E-state index is 9.88. The van der Waals surface area contributed by atoms with Gasteiger partial charge >= 0.3 is 0 Å². The third-order valence-electron chi connectivity index (χ3n) is 2.72. The van der Waals surface area contributed by atoms with Gasteiger partial charge in [0.05, 0.1) is 5.30 Å². The van der Waals surface area contributed by atoms with Crippen molar-refractivity contribution in [3.63, 3.8) is 0 Å². The zero-order valence-corrected chi connectivity index (χ0v) is 9.08. The van der Waals surface area contributed by atoms with E-state index >= 15 is 0 Å². The standard InChI is InChI=1S/C12H11O2P/c13-15-12-8-4-2-6-10(12)9-5-1-3-7-11(9)14-15/h1-2,4-6,8,13H,3,7H2. The van der Waals surface area contributed by atoms with E-state index in [0.717, 1.165) is 35.0 Å². The lowest BCUT2D eigenvalue weighted by molar-refractivity contribution is 0.392. The fraction of sp³-hybridized carbons (Fsp3) is 0.167. The van der Waals surface area contributed by atoms with Crippen LogP contribution in [0.2, 0.25) is 0 Å². The van der Waals surface area contributed by atoms with E-state index in [1.54, 1.807) is 0 Å². The number of allylic oxidation sites excluding steroid dienone is 4. The molecule has 3 rings (SSSR count). The summed E-state index contributed by atoms with van der Waals surface area (Å²) in [4.78, 5) is 9.88. The molecule has 0 fully saturated rings. The number of benzene rings is 1. The van der Waals surface area contributed by atoms with E-state index in [0.29, 0.717) is 0 Å². The summed E-state index contributed by atoms with van der Waals surface area (Å²) in [5, 5.41) is 0.929. The van der Waals surface area contributed by atoms with Crippen LogP contribution in [-0.4, -0.2) is 4.89 Å². The lowest BCUT2D eigenvalue weighted by Crippen LogP contribution is -2.16. The van der Waals surface area contributed by atoms with Gasteiger partial charge in [0.15, 0.2) is 0 Å². The number of hydrogen-bond acceptors (Lipinski definition) is 2. The Hall–Kier alpha value is -1.11. The molecule has 3 heteroatoms. The predicted octanol–water partition coefficient (Wildman–Crippen LogP) is 2.71. The molecule has 0 spiro atoms. The van der Waals surface area contributed by atoms with Crippen molar-refractivity contribution < 1.29 is 9.42 Å². The van der Waals surface area contributed by atoms with Crippen LogP contribution in [0.4, 0.5) is 0 Å². The first kappa shape index (κ1) is 9.14. The van der Waals surface area contributed by atoms with Gasteiger partial charge in [0, 0.05) is 12.0 Å². The van der Waals surface area contributed by atoms with Crippen LogP contribution in [0.1, 0.15) is 18.4 Å². The van der Waals surface area contributed by atoms with Gasteiger partial charge in [-0.05, 0) is 18.1 Å². The van der Waals surface area contributed by atoms with Gasteiger partial charge in [0.25, 0.3) is 8.38 Å². The van der Waals surface area contributed by atoms with E-state index in [4.69, 9.17) is 4.52 Å². The summed E-state index contributed by atoms with van der Waals surface area (Å²) in [6.07, 6.45) is 6.16. The van der Waals surface area contributed by atoms with Crippen LogP contribution in [0, 0.1) is 0 Å². The first-order valence-corrected chi connectivity index (χ1v) is 6.23. The second-order valence-corrected chi connectivity index (χ2v) is 4.87. The number of rotatable bonds is 0. The maximum Gasteiger partial charge on any atom is 0.262 e. The van der Waals surface area contributed by atoms with Crippen LogP contribution in [0.25, 0.3) is 5.57 Å². The lowest BCUT2D eigenvalue weighted by Gasteiger charge is -2.27. The summed E-state index contributed by atoms with van der Waals surface area (Å²) in [5.41, 5.74) is 2.27. The van der Waals surface area contributed by atoms with Crippen molar-refractivity contribution in [2.75, 3.05) is 0 Å². The van der Waals surface area contributed by atoms with Gasteiger partial charge in [-0.2, -0.15) is 0 Å². The van der Waals surface area contributed by atoms with E-state index in [2.05, 4.69) is 18.2 Å². The molecule has 0 saturated carbocycles. The van der Waals surface area contributed by atoms with E-state index in [1.807, 2.05) is 18.2 Å². The lowest BCUT2D eigenvalue weighted by atomic mass is 9.98. The SMILES string of the molecule is OP1OC2=C(C=CCC2)c2ccccc21. The van der Waals surface area contributed by atoms with Gasteiger partial charge in [0.1, 0.15) is 5.76 Å². The summed E-state index contributed by atoms with van der Waals surface area (Å²) in [5.74, 6) is 0.949. The van der Waals surface area contributed by atoms with Crippen molar-refractivity contribution in [3.05, 3.63) is 47.7 Å². The monoisotopic (exact) mass is 218 g/mol. The Labute approximate surface area is 89.8 Å². The molecule has 1 N–H and O–H groups in total. The van der Waals surface area contributed by atoms with Gasteiger partial charge in [-0.15, -0.1) is 0 Å². The minimum Gasteiger partial charge on any atom is -0.448 e. The molecule has 0 aromatic heterocycles. The summed E-state index contributed by atoms with van der Waals surface area (Å²) in [6.45, 7) is 0. The summed E-state index contributed by atoms with van der Waals surface area (Å²) >= 11 is 0. The second-order valence-electron chi connectivity index (χ2n) is 3.66. The van der Waals surface area contributed by atoms with E-state index in [-0.39, 0.29) is 0 Å². The quantitative estimate of drug-likeness (QED) is 0.678. The predicted molar refractivity (Wildman–Crippen MR) is 61.6 cm³/mol. The normalized spacial score (nSPS) is 23.1. The van der Waals surface area contributed by atoms with Crippen molar-refractivity contribution in [3.8, 4) is 0 Å². The fourth-order valence-electron chi connectivity index (χ4n) is 2.00. The first-order chi connectivity index (χ1) is 7.36. The van der Waals surface area contributed by atoms with Gasteiger partial charge in [-0.25, -0.2) is 0 Å². The van der Waals surface area contributed by atoms with Gasteiger partial charge in [-0.3, -0.25) is 0 Å². The van der Waals surface area contributed by atoms with Crippen LogP contribution in [0.5, 0.6) is 0 Å². The average molecular weight is 218 g/mol. The molecule has 0 radical (unpaired) electrons. The molecule has 1 aliphatic heterocycles. The minimum atomic E-state index is -1.44. The van der Waals surface area contributed by atoms with Crippen LogP contribution in [-0.2, 0) is 4.52 Å². The largest absolute Gasteiger partial charge is 0.448 e. The molecule has 15 heavy (non-hydrogen) atoms. The second kappa shape index (κ2) is 3.48. The first-order valence-electron chi connectivity index (χ1n) is 5.02. The molecule has 2 aliphatic rings. The Bertz CT molecular complexity index is 462. The van der Waals surface area contributed by atoms with Crippen molar-refractivity contribution in [2.45, 2.75) is 12.8 Å². The zero-order valence-electron chi connectivity index (χ0n) is 8.18. The Morgan fingerprint density at radius 1 is 1.27 bits per heavy atom. The van der Waals surface area contributed by atoms with E-state index < -0.39 is 8.38 Å². The third-order valence-corrected chi connectivity index (χ3v) is 3.92. The average Bonchev–Trinajstić information content (AvgIpc) is 2.30. The van der Waals surface area contributed by atoms with Crippen LogP contribution in [0.3, 0.4) is 0 Å². The van der Waals surface area contributed by atoms with Crippen molar-refractivity contribution >= 4 is 19.3 Å².